The van der Waals surface area contributed by atoms with Crippen molar-refractivity contribution in [3.8, 4) is 0 Å². The van der Waals surface area contributed by atoms with Crippen LogP contribution in [0.15, 0.2) is 4.99 Å². The fraction of sp³-hybridized carbons (Fsp3) is 0.731. The number of aliphatic carboxylic acids is 3. The second kappa shape index (κ2) is 54.6. The van der Waals surface area contributed by atoms with Crippen LogP contribution in [0.25, 0.3) is 0 Å². The van der Waals surface area contributed by atoms with Gasteiger partial charge in [0.1, 0.15) is 72.5 Å². The molecule has 0 rings (SSSR count). The molecule has 0 fully saturated rings. The molecule has 0 aromatic carbocycles. The van der Waals surface area contributed by atoms with E-state index in [0.717, 1.165) is 0 Å². The summed E-state index contributed by atoms with van der Waals surface area (Å²) in [6.07, 6.45) is -2.24. The van der Waals surface area contributed by atoms with Crippen molar-refractivity contribution in [2.45, 2.75) is 268 Å². The lowest BCUT2D eigenvalue weighted by Crippen LogP contribution is -2.60. The van der Waals surface area contributed by atoms with Crippen LogP contribution in [-0.2, 0) is 81.5 Å². The Kier molecular flexibility index (Phi) is 49.6. The Labute approximate surface area is 634 Å². The fourth-order valence-corrected chi connectivity index (χ4v) is 10.6. The summed E-state index contributed by atoms with van der Waals surface area (Å²) in [5, 5.41) is 58.6. The quantitative estimate of drug-likeness (QED) is 0.0153. The molecule has 0 unspecified atom stereocenters. The first-order valence-corrected chi connectivity index (χ1v) is 36.7. The Bertz CT molecular complexity index is 3030. The number of aliphatic imine (C=N–C) groups is 1. The number of nitrogens with two attached hydrogens (primary N) is 9. The molecular weight excluding hydrogens is 1430 g/mol. The van der Waals surface area contributed by atoms with Crippen LogP contribution in [-0.4, -0.2) is 233 Å². The van der Waals surface area contributed by atoms with Crippen LogP contribution < -0.4 is 115 Å². The summed E-state index contributed by atoms with van der Waals surface area (Å²) < 4.78 is 0. The van der Waals surface area contributed by atoms with Gasteiger partial charge in [0.05, 0.1) is 6.04 Å². The highest BCUT2D eigenvalue weighted by molar-refractivity contribution is 6.00. The first-order valence-electron chi connectivity index (χ1n) is 36.7. The maximum Gasteiger partial charge on any atom is 0.326 e. The molecule has 0 saturated heterocycles. The summed E-state index contributed by atoms with van der Waals surface area (Å²) in [4.78, 5) is 232. The van der Waals surface area contributed by atoms with Crippen molar-refractivity contribution in [1.82, 2.24) is 63.8 Å². The van der Waals surface area contributed by atoms with Crippen LogP contribution in [0.3, 0.4) is 0 Å². The highest BCUT2D eigenvalue weighted by atomic mass is 16.4. The molecule has 0 spiro atoms. The Hall–Kier alpha value is -9.94. The van der Waals surface area contributed by atoms with Crippen LogP contribution in [0.2, 0.25) is 0 Å². The smallest absolute Gasteiger partial charge is 0.326 e. The molecule has 0 saturated carbocycles. The van der Waals surface area contributed by atoms with E-state index in [1.807, 2.05) is 0 Å². The molecule has 14 amide bonds. The van der Waals surface area contributed by atoms with Gasteiger partial charge in [-0.3, -0.25) is 81.7 Å². The predicted octanol–water partition coefficient (Wildman–Crippen LogP) is -7.21. The van der Waals surface area contributed by atoms with Crippen LogP contribution in [0.4, 0.5) is 0 Å². The minimum atomic E-state index is -1.87. The molecule has 0 aliphatic rings. The summed E-state index contributed by atoms with van der Waals surface area (Å²) in [6.45, 7) is 9.81. The molecule has 620 valence electrons. The number of carbonyl (C=O) groups excluding carboxylic acids is 14. The lowest BCUT2D eigenvalue weighted by Gasteiger charge is -2.28. The van der Waals surface area contributed by atoms with Gasteiger partial charge < -0.3 is 131 Å². The summed E-state index contributed by atoms with van der Waals surface area (Å²) in [6, 6.07) is -19.7. The molecule has 13 atom stereocenters. The van der Waals surface area contributed by atoms with E-state index in [9.17, 15) is 96.8 Å². The van der Waals surface area contributed by atoms with Crippen molar-refractivity contribution in [3.63, 3.8) is 0 Å². The van der Waals surface area contributed by atoms with Gasteiger partial charge in [-0.1, -0.05) is 34.1 Å². The number of hydrogen-bond acceptors (Lipinski definition) is 23. The van der Waals surface area contributed by atoms with Crippen molar-refractivity contribution in [2.75, 3.05) is 32.7 Å². The number of carboxylic acids is 3. The molecule has 0 heterocycles. The van der Waals surface area contributed by atoms with E-state index in [0.29, 0.717) is 45.1 Å². The van der Waals surface area contributed by atoms with Gasteiger partial charge >= 0.3 is 17.9 Å². The van der Waals surface area contributed by atoms with Gasteiger partial charge in [-0.2, -0.15) is 0 Å². The number of carbonyl (C=O) groups is 17. The van der Waals surface area contributed by atoms with Gasteiger partial charge in [-0.15, -0.1) is 0 Å². The lowest BCUT2D eigenvalue weighted by molar-refractivity contribution is -0.142. The van der Waals surface area contributed by atoms with Crippen LogP contribution in [0.5, 0.6) is 0 Å². The lowest BCUT2D eigenvalue weighted by atomic mass is 10.0. The van der Waals surface area contributed by atoms with Crippen molar-refractivity contribution >= 4 is 107 Å². The summed E-state index contributed by atoms with van der Waals surface area (Å²) in [5.74, 6) is -19.2. The first-order chi connectivity index (χ1) is 51.2. The maximum absolute atomic E-state index is 14.4. The number of rotatable bonds is 60. The van der Waals surface area contributed by atoms with E-state index >= 15 is 0 Å². The van der Waals surface area contributed by atoms with Crippen LogP contribution >= 0.6 is 0 Å². The number of guanidine groups is 1. The average Bonchev–Trinajstić information content (AvgIpc) is 0.863. The van der Waals surface area contributed by atoms with Crippen LogP contribution in [0.1, 0.15) is 189 Å². The molecule has 0 aromatic heterocycles. The Balaban J connectivity index is 7.19. The number of amides is 14. The maximum atomic E-state index is 14.4. The molecule has 33 N–H and O–H groups in total. The second-order valence-corrected chi connectivity index (χ2v) is 27.4. The molecule has 0 radical (unpaired) electrons. The van der Waals surface area contributed by atoms with E-state index in [4.69, 9.17) is 51.6 Å². The van der Waals surface area contributed by atoms with Crippen molar-refractivity contribution in [2.24, 2.45) is 68.4 Å². The molecule has 0 bridgehead atoms. The third-order valence-electron chi connectivity index (χ3n) is 16.7. The number of nitrogens with one attached hydrogen (secondary N) is 12. The first kappa shape index (κ1) is 99.1. The summed E-state index contributed by atoms with van der Waals surface area (Å²) in [7, 11) is 0. The Morgan fingerprint density at radius 2 is 0.541 bits per heavy atom. The summed E-state index contributed by atoms with van der Waals surface area (Å²) in [5.41, 5.74) is 50.8. The highest BCUT2D eigenvalue weighted by Crippen LogP contribution is 2.14. The zero-order valence-corrected chi connectivity index (χ0v) is 63.4. The van der Waals surface area contributed by atoms with E-state index in [1.165, 1.54) is 13.8 Å². The second-order valence-electron chi connectivity index (χ2n) is 27.4. The minimum absolute atomic E-state index is 0.0110. The van der Waals surface area contributed by atoms with E-state index in [-0.39, 0.29) is 89.9 Å². The Morgan fingerprint density at radius 3 is 0.835 bits per heavy atom. The third kappa shape index (κ3) is 43.6. The fourth-order valence-electron chi connectivity index (χ4n) is 10.6. The SMILES string of the molecule is CC(C)C[C@H](NC(=O)[C@H](C)NC(=O)[C@H](CCC(N)=O)NC(=O)[C@H](CC(C)C)NC(=O)[C@H](CCC(=O)O)NC(=O)[C@H](CCCCN)NC(=O)[C@H](CCC(=O)O)NC(=O)[C@H](CCC(N)=O)NC(=O)[C@H](C)NC(=O)[C@H](CCN=C(N)N)NC(=O)[C@H](CCCCN)NC(=O)[C@H](CCCCN)NC(=O)[C@@H](N)CCCCN)C(=O)O. The third-order valence-corrected chi connectivity index (χ3v) is 16.7. The summed E-state index contributed by atoms with van der Waals surface area (Å²) >= 11 is 0. The largest absolute Gasteiger partial charge is 0.481 e. The number of hydrogen-bond donors (Lipinski definition) is 24. The number of primary amides is 2. The van der Waals surface area contributed by atoms with Gasteiger partial charge in [0.2, 0.25) is 82.7 Å². The zero-order valence-electron chi connectivity index (χ0n) is 63.4. The zero-order chi connectivity index (χ0) is 83.0. The predicted molar refractivity (Wildman–Crippen MR) is 397 cm³/mol. The van der Waals surface area contributed by atoms with E-state index < -0.39 is 242 Å². The molecule has 0 aromatic rings. The van der Waals surface area contributed by atoms with Gasteiger partial charge in [0, 0.05) is 32.2 Å². The van der Waals surface area contributed by atoms with Crippen LogP contribution in [0, 0.1) is 11.8 Å². The van der Waals surface area contributed by atoms with E-state index in [1.54, 1.807) is 27.7 Å². The standard InChI is InChI=1S/C67H122N22O20/c1-35(2)33-48(65(107)86-43(19-23-50(73)90)57(99)78-38(6)55(97)89-49(66(108)109)34-36(3)4)88-64(106)46(22-26-53(94)95)84-60(102)41(17-9-13-30-70)83-63(105)45(21-25-52(92)93)85-62(104)44(20-24-51(74)91)80-54(96)37(5)79-58(100)47(27-32-77-67(75)76)87-61(103)42(18-10-14-31-71)82-59(101)40(16-8-12-29-69)81-56(98)39(72)15-7-11-28-68/h35-49H,7-34,68-72H2,1-6H3,(H2,73,90)(H2,74,91)(H,78,99)(H,79,100)(H,80,96)(H,81,98)(H,82,101)(H,83,105)(H,84,102)(H,85,104)(H,86,107)(H,87,103)(H,88,106)(H,89,97)(H,92,93)(H,94,95)(H,108,109)(H4,75,76,77)/t37-,38-,39-,40-,41-,42-,43-,44-,45-,46-,47-,48-,49-/m0/s1. The molecular formula is C67H122N22O20. The van der Waals surface area contributed by atoms with Crippen molar-refractivity contribution < 1.29 is 96.8 Å². The Morgan fingerprint density at radius 1 is 0.294 bits per heavy atom. The molecule has 42 nitrogen and oxygen atoms in total. The highest BCUT2D eigenvalue weighted by Gasteiger charge is 2.37. The molecule has 0 aliphatic carbocycles. The molecule has 42 heteroatoms. The monoisotopic (exact) mass is 1550 g/mol. The van der Waals surface area contributed by atoms with E-state index in [2.05, 4.69) is 68.8 Å². The average molecular weight is 1560 g/mol. The molecule has 0 aliphatic heterocycles. The number of unbranched alkanes of at least 4 members (excludes halogenated alkanes) is 4. The normalized spacial score (nSPS) is 14.7. The topological polar surface area (TPSA) is 742 Å². The molecule has 109 heavy (non-hydrogen) atoms. The number of carboxylic acid groups (broad SMARTS) is 3. The number of nitrogens with zero attached hydrogens (tertiary/aromatic N) is 1. The van der Waals surface area contributed by atoms with Gasteiger partial charge in [-0.05, 0) is 167 Å². The van der Waals surface area contributed by atoms with Gasteiger partial charge in [0.25, 0.3) is 0 Å². The van der Waals surface area contributed by atoms with Crippen molar-refractivity contribution in [1.29, 1.82) is 0 Å². The van der Waals surface area contributed by atoms with Crippen molar-refractivity contribution in [3.05, 3.63) is 0 Å². The minimum Gasteiger partial charge on any atom is -0.481 e. The van der Waals surface area contributed by atoms with Gasteiger partial charge in [-0.25, -0.2) is 4.79 Å². The van der Waals surface area contributed by atoms with Gasteiger partial charge in [0.15, 0.2) is 5.96 Å².